The number of rotatable bonds is 5. The molecule has 0 saturated heterocycles. The molecular formula is C11H18N4O. The molecule has 0 aliphatic heterocycles. The van der Waals surface area contributed by atoms with E-state index in [1.54, 1.807) is 7.05 Å². The summed E-state index contributed by atoms with van der Waals surface area (Å²) in [5.41, 5.74) is 3.42. The van der Waals surface area contributed by atoms with Gasteiger partial charge in [0.1, 0.15) is 17.9 Å². The Morgan fingerprint density at radius 2 is 2.19 bits per heavy atom. The zero-order valence-corrected chi connectivity index (χ0v) is 10.1. The van der Waals surface area contributed by atoms with Gasteiger partial charge >= 0.3 is 0 Å². The number of nitrogens with one attached hydrogen (secondary N) is 2. The first-order valence-corrected chi connectivity index (χ1v) is 5.22. The second kappa shape index (κ2) is 6.07. The third-order valence-corrected chi connectivity index (χ3v) is 1.74. The molecule has 1 aromatic heterocycles. The second-order valence-electron chi connectivity index (χ2n) is 3.69. The fraction of sp³-hybridized carbons (Fsp3) is 0.455. The Labute approximate surface area is 95.9 Å². The Bertz CT molecular complexity index is 363. The summed E-state index contributed by atoms with van der Waals surface area (Å²) in [6, 6.07) is 2.23. The van der Waals surface area contributed by atoms with Crippen LogP contribution in [0.4, 0.5) is 5.82 Å². The lowest BCUT2D eigenvalue weighted by Crippen LogP contribution is -2.11. The molecule has 0 aliphatic carbocycles. The normalized spacial score (nSPS) is 11.7. The number of hydrogen-bond acceptors (Lipinski definition) is 5. The van der Waals surface area contributed by atoms with Crippen molar-refractivity contribution in [2.45, 2.75) is 26.8 Å². The van der Waals surface area contributed by atoms with Crippen molar-refractivity contribution >= 4 is 11.9 Å². The Morgan fingerprint density at radius 3 is 2.81 bits per heavy atom. The van der Waals surface area contributed by atoms with Crippen LogP contribution in [0.25, 0.3) is 6.08 Å². The number of aromatic nitrogens is 2. The number of hydrogen-bond donors (Lipinski definition) is 2. The molecule has 0 unspecified atom stereocenters. The predicted octanol–water partition coefficient (Wildman–Crippen LogP) is 1.81. The summed E-state index contributed by atoms with van der Waals surface area (Å²) in [7, 11) is 1.71. The molecule has 5 heteroatoms. The molecule has 0 bridgehead atoms. The van der Waals surface area contributed by atoms with Crippen molar-refractivity contribution in [1.82, 2.24) is 15.4 Å². The summed E-state index contributed by atoms with van der Waals surface area (Å²) >= 11 is 0. The van der Waals surface area contributed by atoms with Crippen molar-refractivity contribution in [2.75, 3.05) is 12.4 Å². The molecule has 1 heterocycles. The monoisotopic (exact) mass is 222 g/mol. The van der Waals surface area contributed by atoms with E-state index in [-0.39, 0.29) is 0 Å². The maximum Gasteiger partial charge on any atom is 0.130 e. The molecule has 0 aromatic carbocycles. The Morgan fingerprint density at radius 1 is 1.44 bits per heavy atom. The van der Waals surface area contributed by atoms with Gasteiger partial charge in [0.05, 0.1) is 5.69 Å². The lowest BCUT2D eigenvalue weighted by Gasteiger charge is -2.08. The molecule has 2 N–H and O–H groups in total. The maximum atomic E-state index is 5.10. The highest BCUT2D eigenvalue weighted by atomic mass is 16.6. The summed E-state index contributed by atoms with van der Waals surface area (Å²) < 4.78 is 0. The quantitative estimate of drug-likeness (QED) is 0.587. The van der Waals surface area contributed by atoms with Crippen LogP contribution in [-0.4, -0.2) is 23.1 Å². The molecule has 1 rings (SSSR count). The Kier molecular flexibility index (Phi) is 4.72. The highest BCUT2D eigenvalue weighted by molar-refractivity contribution is 5.51. The highest BCUT2D eigenvalue weighted by Crippen LogP contribution is 2.09. The first-order valence-electron chi connectivity index (χ1n) is 5.22. The molecule has 1 aromatic rings. The number of allylic oxidation sites excluding steroid dienone is 1. The molecule has 88 valence electrons. The average Bonchev–Trinajstić information content (AvgIpc) is 2.17. The van der Waals surface area contributed by atoms with Crippen molar-refractivity contribution in [3.05, 3.63) is 23.8 Å². The van der Waals surface area contributed by atoms with Gasteiger partial charge in [0.15, 0.2) is 0 Å². The Balaban J connectivity index is 2.78. The minimum atomic E-state index is 0.349. The lowest BCUT2D eigenvalue weighted by molar-refractivity contribution is 0.131. The largest absolute Gasteiger partial charge is 0.414 e. The van der Waals surface area contributed by atoms with E-state index in [2.05, 4.69) is 34.6 Å². The molecule has 0 radical (unpaired) electrons. The Hall–Kier alpha value is -1.62. The molecule has 0 saturated carbocycles. The van der Waals surface area contributed by atoms with Crippen molar-refractivity contribution < 1.29 is 4.84 Å². The van der Waals surface area contributed by atoms with Gasteiger partial charge in [-0.15, -0.1) is 0 Å². The van der Waals surface area contributed by atoms with E-state index in [1.165, 1.54) is 6.33 Å². The minimum Gasteiger partial charge on any atom is -0.414 e. The summed E-state index contributed by atoms with van der Waals surface area (Å²) in [5.74, 6) is 1.56. The molecule has 5 nitrogen and oxygen atoms in total. The first-order chi connectivity index (χ1) is 7.61. The minimum absolute atomic E-state index is 0.349. The molecule has 0 spiro atoms. The van der Waals surface area contributed by atoms with Crippen molar-refractivity contribution in [3.8, 4) is 0 Å². The lowest BCUT2D eigenvalue weighted by atomic mass is 10.3. The van der Waals surface area contributed by atoms with E-state index in [0.29, 0.717) is 6.04 Å². The van der Waals surface area contributed by atoms with E-state index in [0.717, 1.165) is 17.3 Å². The molecule has 0 amide bonds. The average molecular weight is 222 g/mol. The van der Waals surface area contributed by atoms with Crippen molar-refractivity contribution in [1.29, 1.82) is 0 Å². The third kappa shape index (κ3) is 4.27. The van der Waals surface area contributed by atoms with Crippen LogP contribution in [0.5, 0.6) is 0 Å². The second-order valence-corrected chi connectivity index (χ2v) is 3.69. The molecule has 0 aliphatic rings. The van der Waals surface area contributed by atoms with Gasteiger partial charge in [0.2, 0.25) is 0 Å². The van der Waals surface area contributed by atoms with Gasteiger partial charge in [-0.1, -0.05) is 0 Å². The molecule has 16 heavy (non-hydrogen) atoms. The van der Waals surface area contributed by atoms with Gasteiger partial charge in [-0.2, -0.15) is 5.48 Å². The van der Waals surface area contributed by atoms with Gasteiger partial charge in [-0.05, 0) is 20.8 Å². The smallest absolute Gasteiger partial charge is 0.130 e. The van der Waals surface area contributed by atoms with E-state index in [4.69, 9.17) is 4.84 Å². The number of nitrogens with zero attached hydrogens (tertiary/aromatic N) is 2. The maximum absolute atomic E-state index is 5.10. The fourth-order valence-electron chi connectivity index (χ4n) is 1.22. The van der Waals surface area contributed by atoms with Crippen LogP contribution in [0, 0.1) is 0 Å². The first kappa shape index (κ1) is 12.4. The number of anilines is 1. The number of hydroxylamine groups is 1. The van der Waals surface area contributed by atoms with Gasteiger partial charge in [-0.3, -0.25) is 0 Å². The van der Waals surface area contributed by atoms with Gasteiger partial charge in [0, 0.05) is 25.2 Å². The highest BCUT2D eigenvalue weighted by Gasteiger charge is 1.99. The van der Waals surface area contributed by atoms with E-state index in [9.17, 15) is 0 Å². The molecular weight excluding hydrogens is 204 g/mol. The summed E-state index contributed by atoms with van der Waals surface area (Å²) in [4.78, 5) is 13.4. The summed E-state index contributed by atoms with van der Waals surface area (Å²) in [6.07, 6.45) is 3.37. The standard InChI is InChI=1S/C11H18N4O/c1-8(2)15-11-6-10(13-7-14-11)5-9(3)16-12-4/h5-8,12H,1-4H3,(H,13,14,15)/b9-5+. The van der Waals surface area contributed by atoms with Crippen LogP contribution in [-0.2, 0) is 4.84 Å². The van der Waals surface area contributed by atoms with E-state index < -0.39 is 0 Å². The van der Waals surface area contributed by atoms with Crippen LogP contribution < -0.4 is 10.8 Å². The molecule has 0 atom stereocenters. The fourth-order valence-corrected chi connectivity index (χ4v) is 1.22. The van der Waals surface area contributed by atoms with Crippen molar-refractivity contribution in [3.63, 3.8) is 0 Å². The zero-order chi connectivity index (χ0) is 12.0. The summed E-state index contributed by atoms with van der Waals surface area (Å²) in [6.45, 7) is 5.98. The van der Waals surface area contributed by atoms with Gasteiger partial charge < -0.3 is 10.2 Å². The SMILES string of the molecule is CNO/C(C)=C/c1cc(NC(C)C)ncn1. The third-order valence-electron chi connectivity index (χ3n) is 1.74. The summed E-state index contributed by atoms with van der Waals surface area (Å²) in [5, 5.41) is 3.21. The zero-order valence-electron chi connectivity index (χ0n) is 10.1. The molecule has 0 fully saturated rings. The van der Waals surface area contributed by atoms with Gasteiger partial charge in [0.25, 0.3) is 0 Å². The van der Waals surface area contributed by atoms with Crippen LogP contribution in [0.2, 0.25) is 0 Å². The van der Waals surface area contributed by atoms with Crippen molar-refractivity contribution in [2.24, 2.45) is 0 Å². The topological polar surface area (TPSA) is 59.1 Å². The van der Waals surface area contributed by atoms with E-state index in [1.807, 2.05) is 19.1 Å². The van der Waals surface area contributed by atoms with Crippen LogP contribution >= 0.6 is 0 Å². The van der Waals surface area contributed by atoms with Crippen LogP contribution in [0.15, 0.2) is 18.2 Å². The predicted molar refractivity (Wildman–Crippen MR) is 64.6 cm³/mol. The van der Waals surface area contributed by atoms with Crippen LogP contribution in [0.3, 0.4) is 0 Å². The van der Waals surface area contributed by atoms with Crippen LogP contribution in [0.1, 0.15) is 26.5 Å². The van der Waals surface area contributed by atoms with Gasteiger partial charge in [-0.25, -0.2) is 9.97 Å². The van der Waals surface area contributed by atoms with E-state index >= 15 is 0 Å².